The van der Waals surface area contributed by atoms with E-state index >= 15 is 0 Å². The summed E-state index contributed by atoms with van der Waals surface area (Å²) in [6.45, 7) is 17.7. The highest BCUT2D eigenvalue weighted by Crippen LogP contribution is 2.72. The Kier molecular flexibility index (Phi) is 19.8. The molecule has 4 aliphatic carbocycles. The number of cyclic esters (lactones) is 1. The Morgan fingerprint density at radius 2 is 1.20 bits per heavy atom. The van der Waals surface area contributed by atoms with Gasteiger partial charge in [0, 0.05) is 23.5 Å². The number of allylic oxidation sites excluding steroid dienone is 5. The van der Waals surface area contributed by atoms with E-state index in [-0.39, 0.29) is 53.1 Å². The maximum atomic E-state index is 13.1. The van der Waals surface area contributed by atoms with Gasteiger partial charge in [-0.2, -0.15) is 0 Å². The largest absolute Gasteiger partial charge is 0.461 e. The Bertz CT molecular complexity index is 2430. The molecule has 0 aromatic heterocycles. The number of fused-ring (bicyclic) bond motifs is 4. The van der Waals surface area contributed by atoms with Crippen molar-refractivity contribution in [3.05, 3.63) is 34.9 Å². The molecule has 5 aliphatic heterocycles. The van der Waals surface area contributed by atoms with Crippen LogP contribution in [-0.2, 0) is 52.2 Å². The van der Waals surface area contributed by atoms with Crippen LogP contribution < -0.4 is 5.32 Å². The maximum absolute atomic E-state index is 13.1. The number of esters is 1. The molecule has 24 nitrogen and oxygen atoms in total. The molecule has 9 aliphatic rings. The Hall–Kier alpha value is -2.64. The van der Waals surface area contributed by atoms with Gasteiger partial charge in [-0.1, -0.05) is 70.9 Å². The third-order valence-corrected chi connectivity index (χ3v) is 22.0. The summed E-state index contributed by atoms with van der Waals surface area (Å²) >= 11 is 0. The second-order valence-electron chi connectivity index (χ2n) is 26.9. The van der Waals surface area contributed by atoms with Gasteiger partial charge >= 0.3 is 5.97 Å². The Balaban J connectivity index is 0.964. The van der Waals surface area contributed by atoms with Crippen molar-refractivity contribution in [1.29, 1.82) is 0 Å². The Morgan fingerprint density at radius 3 is 1.79 bits per heavy atom. The van der Waals surface area contributed by atoms with Crippen molar-refractivity contribution in [3.63, 3.8) is 0 Å². The van der Waals surface area contributed by atoms with Crippen LogP contribution in [0.1, 0.15) is 121 Å². The molecule has 0 bridgehead atoms. The van der Waals surface area contributed by atoms with Gasteiger partial charge in [0.05, 0.1) is 31.5 Å². The molecule has 0 radical (unpaired) electrons. The molecule has 30 atom stereocenters. The zero-order chi connectivity index (χ0) is 61.4. The third-order valence-electron chi connectivity index (χ3n) is 22.0. The number of nitrogens with one attached hydrogen (secondary N) is 1. The Morgan fingerprint density at radius 1 is 0.631 bits per heavy atom. The zero-order valence-electron chi connectivity index (χ0n) is 50.0. The van der Waals surface area contributed by atoms with Crippen LogP contribution in [0.5, 0.6) is 0 Å². The normalized spacial score (nSPS) is 50.1. The molecule has 5 heterocycles. The first-order valence-corrected chi connectivity index (χ1v) is 30.3. The number of ether oxygens (including phenoxy) is 9. The lowest BCUT2D eigenvalue weighted by atomic mass is 9.43. The number of aliphatic hydroxyl groups is 12. The van der Waals surface area contributed by atoms with E-state index in [1.807, 2.05) is 19.9 Å². The first-order chi connectivity index (χ1) is 39.5. The molecule has 5 saturated heterocycles. The van der Waals surface area contributed by atoms with Crippen LogP contribution in [0, 0.1) is 45.3 Å². The minimum Gasteiger partial charge on any atom is -0.461 e. The summed E-state index contributed by atoms with van der Waals surface area (Å²) in [5.74, 6) is -0.664. The maximum Gasteiger partial charge on any atom is 0.329 e. The van der Waals surface area contributed by atoms with Crippen LogP contribution in [0.2, 0.25) is 0 Å². The van der Waals surface area contributed by atoms with Crippen LogP contribution in [0.4, 0.5) is 0 Å². The first kappa shape index (κ1) is 65.8. The van der Waals surface area contributed by atoms with E-state index in [1.165, 1.54) is 25.0 Å². The molecule has 13 N–H and O–H groups in total. The average molecular weight is 1200 g/mol. The second-order valence-corrected chi connectivity index (χ2v) is 26.9. The van der Waals surface area contributed by atoms with Crippen LogP contribution in [-0.4, -0.2) is 234 Å². The number of hydrogen-bond donors (Lipinski definition) is 13. The van der Waals surface area contributed by atoms with Crippen molar-refractivity contribution in [2.75, 3.05) is 19.8 Å². The topological polar surface area (TPSA) is 372 Å². The highest BCUT2D eigenvalue weighted by molar-refractivity contribution is 5.96. The molecular formula is C60H95NO23. The molecule has 0 aromatic rings. The Labute approximate surface area is 491 Å². The summed E-state index contributed by atoms with van der Waals surface area (Å²) in [5, 5.41) is 135. The fourth-order valence-corrected chi connectivity index (χ4v) is 16.5. The number of carbonyl (C=O) groups is 2. The minimum atomic E-state index is -1.94. The van der Waals surface area contributed by atoms with Crippen LogP contribution in [0.25, 0.3) is 0 Å². The molecule has 1 amide bonds. The predicted octanol–water partition coefficient (Wildman–Crippen LogP) is -0.374. The van der Waals surface area contributed by atoms with E-state index in [0.29, 0.717) is 18.4 Å². The summed E-state index contributed by atoms with van der Waals surface area (Å²) < 4.78 is 55.0. The molecular weight excluding hydrogens is 1100 g/mol. The monoisotopic (exact) mass is 1200 g/mol. The number of carbonyl (C=O) groups excluding carboxylic acids is 2. The van der Waals surface area contributed by atoms with Gasteiger partial charge in [-0.3, -0.25) is 4.79 Å². The molecule has 478 valence electrons. The van der Waals surface area contributed by atoms with Crippen molar-refractivity contribution in [2.24, 2.45) is 45.3 Å². The van der Waals surface area contributed by atoms with Crippen molar-refractivity contribution < 1.29 is 113 Å². The highest BCUT2D eigenvalue weighted by Gasteiger charge is 2.66. The highest BCUT2D eigenvalue weighted by atomic mass is 16.8. The number of hydrogen-bond acceptors (Lipinski definition) is 23. The molecule has 84 heavy (non-hydrogen) atoms. The standard InChI is InChI=1S/C60H95NO23/c1-25(12-11-13-26(2)51(74)61-38-27(3)28(4)76-52(38)75)31-16-20-59(10)33-14-15-36-57(7,8)37(18-19-58(36,9)32(33)17-21-60(31,59)24-64)81-55-50(47(73)48(35(23-63)80-55)82-53-45(71)42(68)39(65)29(5)77-53)84-56-49(44(70)41(67)34(22-62)79-56)83-54-46(72)43(69)40(66)30(6)78-54/h11-13,25,27-31,34-50,53-56,62-73H,14-24H2,1-10H3,(H,61,74)/b12-11+,26-13+/t25-,27+,28-,29+,30+,31-,34-,35-,36+,37+,38+,39+,40+,41-,42-,43-,44+,45-,46-,47+,48-,49-,50-,53+,54+,55+,56+,58-,59+,60+/m1/s1. The zero-order valence-corrected chi connectivity index (χ0v) is 50.0. The van der Waals surface area contributed by atoms with E-state index in [0.717, 1.165) is 38.5 Å². The first-order valence-electron chi connectivity index (χ1n) is 30.3. The minimum absolute atomic E-state index is 0.0213. The third kappa shape index (κ3) is 11.4. The number of amides is 1. The lowest BCUT2D eigenvalue weighted by Crippen LogP contribution is -2.68. The lowest BCUT2D eigenvalue weighted by Gasteiger charge is -2.63. The van der Waals surface area contributed by atoms with Gasteiger partial charge in [0.25, 0.3) is 0 Å². The molecule has 7 fully saturated rings. The van der Waals surface area contributed by atoms with Gasteiger partial charge in [-0.15, -0.1) is 0 Å². The van der Waals surface area contributed by atoms with E-state index in [4.69, 9.17) is 42.6 Å². The van der Waals surface area contributed by atoms with E-state index < -0.39 is 165 Å². The SMILES string of the molecule is C/C(=C\C=C\[C@@H](C)[C@H]1CC[C@@]2(C)C3=C(CC[C@]12CO)[C@@]1(C)CC[C@H](O[C@@H]2O[C@H](CO)[C@@H](O[C@@H]4O[C@@H](C)[C@H](O)[C@@H](O)[C@H]4O)[C@H](O)[C@H]2O[C@@H]2O[C@H](CO)[C@@H](O)[C@H](O)[C@H]2O[C@@H]2O[C@@H](C)[C@H](O)[C@@H](O)[C@H]2O)C(C)(C)[C@@H]1CC3)C(=O)N[C@@H]1C(=O)O[C@H](C)[C@@H]1C. The van der Waals surface area contributed by atoms with E-state index in [9.17, 15) is 70.9 Å². The lowest BCUT2D eigenvalue weighted by molar-refractivity contribution is -0.406. The molecule has 0 spiro atoms. The second kappa shape index (κ2) is 25.3. The number of rotatable bonds is 16. The van der Waals surface area contributed by atoms with Gasteiger partial charge in [0.15, 0.2) is 25.2 Å². The van der Waals surface area contributed by atoms with Gasteiger partial charge in [0.2, 0.25) is 5.91 Å². The average Bonchev–Trinajstić information content (AvgIpc) is 1.34. The van der Waals surface area contributed by atoms with Crippen molar-refractivity contribution in [1.82, 2.24) is 5.32 Å². The fourth-order valence-electron chi connectivity index (χ4n) is 16.5. The number of aliphatic hydroxyl groups excluding tert-OH is 12. The molecule has 0 unspecified atom stereocenters. The van der Waals surface area contributed by atoms with Crippen LogP contribution in [0.15, 0.2) is 34.9 Å². The van der Waals surface area contributed by atoms with Crippen molar-refractivity contribution in [2.45, 2.75) is 262 Å². The summed E-state index contributed by atoms with van der Waals surface area (Å²) in [7, 11) is 0. The summed E-state index contributed by atoms with van der Waals surface area (Å²) in [5.41, 5.74) is 1.67. The van der Waals surface area contributed by atoms with E-state index in [1.54, 1.807) is 13.0 Å². The predicted molar refractivity (Wildman–Crippen MR) is 293 cm³/mol. The van der Waals surface area contributed by atoms with Crippen molar-refractivity contribution >= 4 is 11.9 Å². The van der Waals surface area contributed by atoms with Crippen molar-refractivity contribution in [3.8, 4) is 0 Å². The van der Waals surface area contributed by atoms with Crippen LogP contribution >= 0.6 is 0 Å². The summed E-state index contributed by atoms with van der Waals surface area (Å²) in [6.07, 6.45) is -22.0. The van der Waals surface area contributed by atoms with Crippen LogP contribution in [0.3, 0.4) is 0 Å². The molecule has 9 rings (SSSR count). The molecule has 0 aromatic carbocycles. The van der Waals surface area contributed by atoms with Gasteiger partial charge < -0.3 is 109 Å². The van der Waals surface area contributed by atoms with Gasteiger partial charge in [-0.05, 0) is 113 Å². The van der Waals surface area contributed by atoms with Gasteiger partial charge in [0.1, 0.15) is 97.6 Å². The quantitative estimate of drug-likeness (QED) is 0.0406. The summed E-state index contributed by atoms with van der Waals surface area (Å²) in [6, 6.07) is -0.705. The van der Waals surface area contributed by atoms with Gasteiger partial charge in [-0.25, -0.2) is 4.79 Å². The fraction of sp³-hybridized carbons (Fsp3) is 0.867. The summed E-state index contributed by atoms with van der Waals surface area (Å²) in [4.78, 5) is 25.5. The molecule has 2 saturated carbocycles. The smallest absolute Gasteiger partial charge is 0.329 e. The van der Waals surface area contributed by atoms with E-state index in [2.05, 4.69) is 46.0 Å². The molecule has 24 heteroatoms.